The summed E-state index contributed by atoms with van der Waals surface area (Å²) in [5.41, 5.74) is 8.71. The number of benzene rings is 1. The summed E-state index contributed by atoms with van der Waals surface area (Å²) in [4.78, 5) is 19.2. The second-order valence-electron chi connectivity index (χ2n) is 7.81. The number of rotatable bonds is 4. The van der Waals surface area contributed by atoms with Crippen molar-refractivity contribution >= 4 is 17.4 Å². The van der Waals surface area contributed by atoms with E-state index in [4.69, 9.17) is 5.73 Å². The van der Waals surface area contributed by atoms with Gasteiger partial charge in [0.25, 0.3) is 5.91 Å². The predicted molar refractivity (Wildman–Crippen MR) is 109 cm³/mol. The third-order valence-corrected chi connectivity index (χ3v) is 5.80. The van der Waals surface area contributed by atoms with Crippen LogP contribution in [0, 0.1) is 0 Å². The molecular weight excluding hydrogens is 336 g/mol. The van der Waals surface area contributed by atoms with Gasteiger partial charge in [0.1, 0.15) is 5.82 Å². The molecule has 4 rings (SSSR count). The van der Waals surface area contributed by atoms with E-state index < -0.39 is 0 Å². The minimum Gasteiger partial charge on any atom is -0.355 e. The highest BCUT2D eigenvalue weighted by atomic mass is 16.1. The van der Waals surface area contributed by atoms with Gasteiger partial charge in [0.05, 0.1) is 11.9 Å². The van der Waals surface area contributed by atoms with Crippen LogP contribution in [-0.4, -0.2) is 30.0 Å². The molecule has 5 nitrogen and oxygen atoms in total. The van der Waals surface area contributed by atoms with E-state index in [2.05, 4.69) is 27.3 Å². The number of hydrogen-bond donors (Lipinski definition) is 2. The van der Waals surface area contributed by atoms with Crippen molar-refractivity contribution in [1.82, 2.24) is 4.98 Å². The molecule has 0 radical (unpaired) electrons. The van der Waals surface area contributed by atoms with Gasteiger partial charge >= 0.3 is 0 Å². The van der Waals surface area contributed by atoms with Gasteiger partial charge in [0.2, 0.25) is 0 Å². The number of aromatic nitrogens is 1. The molecule has 1 atom stereocenters. The number of hydrogen-bond acceptors (Lipinski definition) is 4. The van der Waals surface area contributed by atoms with E-state index in [9.17, 15) is 4.79 Å². The first-order valence-corrected chi connectivity index (χ1v) is 10.1. The Morgan fingerprint density at radius 1 is 1.04 bits per heavy atom. The van der Waals surface area contributed by atoms with Crippen molar-refractivity contribution in [3.63, 3.8) is 0 Å². The molecule has 1 aliphatic carbocycles. The van der Waals surface area contributed by atoms with Crippen LogP contribution in [0.5, 0.6) is 0 Å². The first-order valence-electron chi connectivity index (χ1n) is 10.1. The Morgan fingerprint density at radius 3 is 2.44 bits per heavy atom. The molecule has 0 spiro atoms. The second-order valence-corrected chi connectivity index (χ2v) is 7.81. The van der Waals surface area contributed by atoms with Crippen molar-refractivity contribution in [2.24, 2.45) is 5.73 Å². The van der Waals surface area contributed by atoms with E-state index in [-0.39, 0.29) is 11.9 Å². The van der Waals surface area contributed by atoms with Crippen molar-refractivity contribution in [3.05, 3.63) is 53.7 Å². The van der Waals surface area contributed by atoms with Crippen LogP contribution in [0.25, 0.3) is 0 Å². The van der Waals surface area contributed by atoms with Gasteiger partial charge in [-0.15, -0.1) is 0 Å². The van der Waals surface area contributed by atoms with Crippen LogP contribution in [0.15, 0.2) is 42.6 Å². The van der Waals surface area contributed by atoms with E-state index in [1.165, 1.54) is 37.7 Å². The quantitative estimate of drug-likeness (QED) is 0.863. The third kappa shape index (κ3) is 4.30. The molecule has 27 heavy (non-hydrogen) atoms. The second kappa shape index (κ2) is 8.09. The van der Waals surface area contributed by atoms with Crippen LogP contribution < -0.4 is 16.0 Å². The largest absolute Gasteiger partial charge is 0.355 e. The summed E-state index contributed by atoms with van der Waals surface area (Å²) in [5.74, 6) is 1.48. The average Bonchev–Trinajstić information content (AvgIpc) is 3.16. The van der Waals surface area contributed by atoms with Gasteiger partial charge in [-0.1, -0.05) is 31.4 Å². The van der Waals surface area contributed by atoms with Crippen molar-refractivity contribution in [3.8, 4) is 0 Å². The number of pyridine rings is 1. The maximum absolute atomic E-state index is 12.5. The minimum absolute atomic E-state index is 0.0945. The standard InChI is InChI=1S/C22H28N4O/c23-19-12-13-26(15-19)21-11-10-20(14-24-21)25-22(27)18-8-6-17(7-9-18)16-4-2-1-3-5-16/h6-11,14,16,19H,1-5,12-13,15,23H2,(H,25,27). The lowest BCUT2D eigenvalue weighted by molar-refractivity contribution is 0.102. The monoisotopic (exact) mass is 364 g/mol. The van der Waals surface area contributed by atoms with Gasteiger partial charge in [-0.2, -0.15) is 0 Å². The number of nitrogens with two attached hydrogens (primary N) is 1. The predicted octanol–water partition coefficient (Wildman–Crippen LogP) is 3.92. The van der Waals surface area contributed by atoms with Crippen molar-refractivity contribution < 1.29 is 4.79 Å². The molecule has 5 heteroatoms. The molecule has 0 bridgehead atoms. The summed E-state index contributed by atoms with van der Waals surface area (Å²) >= 11 is 0. The summed E-state index contributed by atoms with van der Waals surface area (Å²) in [6.45, 7) is 1.78. The fourth-order valence-corrected chi connectivity index (χ4v) is 4.19. The van der Waals surface area contributed by atoms with Crippen molar-refractivity contribution in [2.45, 2.75) is 50.5 Å². The highest BCUT2D eigenvalue weighted by Gasteiger charge is 2.20. The number of nitrogens with one attached hydrogen (secondary N) is 1. The molecular formula is C22H28N4O. The molecule has 1 aromatic heterocycles. The zero-order chi connectivity index (χ0) is 18.6. The highest BCUT2D eigenvalue weighted by Crippen LogP contribution is 2.32. The highest BCUT2D eigenvalue weighted by molar-refractivity contribution is 6.04. The van der Waals surface area contributed by atoms with Crippen LogP contribution >= 0.6 is 0 Å². The molecule has 3 N–H and O–H groups in total. The molecule has 1 aromatic carbocycles. The molecule has 1 unspecified atom stereocenters. The van der Waals surface area contributed by atoms with Crippen LogP contribution in [-0.2, 0) is 0 Å². The summed E-state index contributed by atoms with van der Waals surface area (Å²) in [5, 5.41) is 2.94. The minimum atomic E-state index is -0.0945. The van der Waals surface area contributed by atoms with E-state index in [0.29, 0.717) is 17.2 Å². The van der Waals surface area contributed by atoms with Crippen LogP contribution in [0.3, 0.4) is 0 Å². The first-order chi connectivity index (χ1) is 13.2. The van der Waals surface area contributed by atoms with Gasteiger partial charge in [0.15, 0.2) is 0 Å². The number of carbonyl (C=O) groups is 1. The lowest BCUT2D eigenvalue weighted by Gasteiger charge is -2.22. The molecule has 2 aromatic rings. The number of anilines is 2. The van der Waals surface area contributed by atoms with E-state index in [1.807, 2.05) is 24.3 Å². The molecule has 1 aliphatic heterocycles. The summed E-state index contributed by atoms with van der Waals surface area (Å²) in [6, 6.07) is 12.2. The van der Waals surface area contributed by atoms with Crippen molar-refractivity contribution in [2.75, 3.05) is 23.3 Å². The Morgan fingerprint density at radius 2 is 1.81 bits per heavy atom. The molecule has 2 heterocycles. The molecule has 1 saturated heterocycles. The zero-order valence-electron chi connectivity index (χ0n) is 15.7. The molecule has 2 aliphatic rings. The zero-order valence-corrected chi connectivity index (χ0v) is 15.7. The number of nitrogens with zero attached hydrogens (tertiary/aromatic N) is 2. The van der Waals surface area contributed by atoms with Crippen LogP contribution in [0.1, 0.15) is 60.4 Å². The fraction of sp³-hybridized carbons (Fsp3) is 0.455. The lowest BCUT2D eigenvalue weighted by Crippen LogP contribution is -2.26. The van der Waals surface area contributed by atoms with Crippen molar-refractivity contribution in [1.29, 1.82) is 0 Å². The van der Waals surface area contributed by atoms with Gasteiger partial charge in [-0.05, 0) is 55.0 Å². The summed E-state index contributed by atoms with van der Waals surface area (Å²) in [7, 11) is 0. The molecule has 2 fully saturated rings. The van der Waals surface area contributed by atoms with Gasteiger partial charge < -0.3 is 16.0 Å². The topological polar surface area (TPSA) is 71.2 Å². The number of carbonyl (C=O) groups excluding carboxylic acids is 1. The van der Waals surface area contributed by atoms with Crippen LogP contribution in [0.2, 0.25) is 0 Å². The molecule has 1 saturated carbocycles. The SMILES string of the molecule is NC1CCN(c2ccc(NC(=O)c3ccc(C4CCCCC4)cc3)cn2)C1. The third-order valence-electron chi connectivity index (χ3n) is 5.80. The maximum atomic E-state index is 12.5. The van der Waals surface area contributed by atoms with E-state index >= 15 is 0 Å². The van der Waals surface area contributed by atoms with E-state index in [0.717, 1.165) is 25.3 Å². The maximum Gasteiger partial charge on any atom is 0.255 e. The van der Waals surface area contributed by atoms with Gasteiger partial charge in [-0.3, -0.25) is 4.79 Å². The number of amides is 1. The Labute approximate surface area is 161 Å². The average molecular weight is 364 g/mol. The Kier molecular flexibility index (Phi) is 5.39. The van der Waals surface area contributed by atoms with Gasteiger partial charge in [0, 0.05) is 24.7 Å². The summed E-state index contributed by atoms with van der Waals surface area (Å²) in [6.07, 6.45) is 9.24. The first kappa shape index (κ1) is 18.0. The van der Waals surface area contributed by atoms with Gasteiger partial charge in [-0.25, -0.2) is 4.98 Å². The normalized spacial score (nSPS) is 20.6. The van der Waals surface area contributed by atoms with Crippen LogP contribution in [0.4, 0.5) is 11.5 Å². The molecule has 142 valence electrons. The fourth-order valence-electron chi connectivity index (χ4n) is 4.19. The summed E-state index contributed by atoms with van der Waals surface area (Å²) < 4.78 is 0. The Hall–Kier alpha value is -2.40. The Bertz CT molecular complexity index is 766. The smallest absolute Gasteiger partial charge is 0.255 e. The molecule has 1 amide bonds. The van der Waals surface area contributed by atoms with E-state index in [1.54, 1.807) is 6.20 Å². The Balaban J connectivity index is 1.37. The lowest BCUT2D eigenvalue weighted by atomic mass is 9.84.